The highest BCUT2D eigenvalue weighted by Crippen LogP contribution is 2.20. The van der Waals surface area contributed by atoms with Crippen LogP contribution in [0.2, 0.25) is 0 Å². The van der Waals surface area contributed by atoms with Crippen LogP contribution in [0.5, 0.6) is 0 Å². The molecule has 1 aromatic carbocycles. The summed E-state index contributed by atoms with van der Waals surface area (Å²) in [7, 11) is 0. The first-order valence-electron chi connectivity index (χ1n) is 5.62. The average molecular weight is 243 g/mol. The van der Waals surface area contributed by atoms with Gasteiger partial charge in [-0.25, -0.2) is 8.78 Å². The molecule has 1 unspecified atom stereocenters. The fraction of sp³-hybridized carbons (Fsp3) is 0.538. The number of halogens is 2. The quantitative estimate of drug-likeness (QED) is 0.852. The van der Waals surface area contributed by atoms with Gasteiger partial charge >= 0.3 is 0 Å². The molecule has 1 rings (SSSR count). The molecule has 0 spiro atoms. The lowest BCUT2D eigenvalue weighted by molar-refractivity contribution is 0.0769. The summed E-state index contributed by atoms with van der Waals surface area (Å²) in [5, 5.41) is 12.5. The van der Waals surface area contributed by atoms with E-state index in [9.17, 15) is 13.9 Å². The number of aryl methyl sites for hydroxylation is 1. The SMILES string of the molecule is Cc1cc(F)c(C(C)NCC(C)(C)O)cc1F. The second-order valence-corrected chi connectivity index (χ2v) is 5.04. The third-order valence-corrected chi connectivity index (χ3v) is 2.59. The van der Waals surface area contributed by atoms with Gasteiger partial charge in [0.25, 0.3) is 0 Å². The van der Waals surface area contributed by atoms with Gasteiger partial charge in [0.05, 0.1) is 5.60 Å². The first-order chi connectivity index (χ1) is 7.70. The van der Waals surface area contributed by atoms with E-state index in [2.05, 4.69) is 5.32 Å². The second-order valence-electron chi connectivity index (χ2n) is 5.04. The minimum atomic E-state index is -0.881. The van der Waals surface area contributed by atoms with Crippen LogP contribution in [0.25, 0.3) is 0 Å². The van der Waals surface area contributed by atoms with Crippen LogP contribution in [0.1, 0.15) is 37.9 Å². The number of nitrogens with one attached hydrogen (secondary N) is 1. The molecule has 96 valence electrons. The Labute approximate surface area is 101 Å². The molecular formula is C13H19F2NO. The molecule has 0 bridgehead atoms. The monoisotopic (exact) mass is 243 g/mol. The highest BCUT2D eigenvalue weighted by atomic mass is 19.1. The van der Waals surface area contributed by atoms with Gasteiger partial charge in [0, 0.05) is 18.2 Å². The number of rotatable bonds is 4. The van der Waals surface area contributed by atoms with Crippen LogP contribution in [-0.2, 0) is 0 Å². The van der Waals surface area contributed by atoms with Crippen molar-refractivity contribution in [2.24, 2.45) is 0 Å². The minimum absolute atomic E-state index is 0.275. The molecule has 0 aliphatic carbocycles. The van der Waals surface area contributed by atoms with E-state index in [4.69, 9.17) is 0 Å². The lowest BCUT2D eigenvalue weighted by Gasteiger charge is -2.22. The summed E-state index contributed by atoms with van der Waals surface area (Å²) in [6, 6.07) is 2.04. The fourth-order valence-corrected chi connectivity index (χ4v) is 1.51. The van der Waals surface area contributed by atoms with Crippen molar-refractivity contribution >= 4 is 0 Å². The molecule has 0 fully saturated rings. The zero-order chi connectivity index (χ0) is 13.2. The molecule has 0 aliphatic heterocycles. The fourth-order valence-electron chi connectivity index (χ4n) is 1.51. The van der Waals surface area contributed by atoms with Gasteiger partial charge in [0.1, 0.15) is 11.6 Å². The van der Waals surface area contributed by atoms with Crippen LogP contribution >= 0.6 is 0 Å². The predicted molar refractivity (Wildman–Crippen MR) is 63.8 cm³/mol. The van der Waals surface area contributed by atoms with Crippen molar-refractivity contribution in [3.63, 3.8) is 0 Å². The zero-order valence-electron chi connectivity index (χ0n) is 10.6. The molecule has 2 N–H and O–H groups in total. The van der Waals surface area contributed by atoms with Crippen LogP contribution in [0, 0.1) is 18.6 Å². The van der Waals surface area contributed by atoms with E-state index in [1.54, 1.807) is 20.8 Å². The summed E-state index contributed by atoms with van der Waals surface area (Å²) in [6.45, 7) is 6.87. The molecule has 1 atom stereocenters. The van der Waals surface area contributed by atoms with E-state index < -0.39 is 17.2 Å². The molecule has 0 saturated carbocycles. The number of hydrogen-bond donors (Lipinski definition) is 2. The van der Waals surface area contributed by atoms with Crippen LogP contribution in [0.4, 0.5) is 8.78 Å². The van der Waals surface area contributed by atoms with Gasteiger partial charge in [-0.3, -0.25) is 0 Å². The first-order valence-corrected chi connectivity index (χ1v) is 5.62. The summed E-state index contributed by atoms with van der Waals surface area (Å²) in [4.78, 5) is 0. The Morgan fingerprint density at radius 3 is 2.41 bits per heavy atom. The number of hydrogen-bond acceptors (Lipinski definition) is 2. The van der Waals surface area contributed by atoms with E-state index >= 15 is 0 Å². The van der Waals surface area contributed by atoms with Crippen molar-refractivity contribution in [2.75, 3.05) is 6.54 Å². The van der Waals surface area contributed by atoms with Gasteiger partial charge in [-0.1, -0.05) is 0 Å². The Morgan fingerprint density at radius 1 is 1.29 bits per heavy atom. The highest BCUT2D eigenvalue weighted by Gasteiger charge is 2.17. The average Bonchev–Trinajstić information content (AvgIpc) is 2.19. The molecule has 17 heavy (non-hydrogen) atoms. The molecule has 0 aromatic heterocycles. The lowest BCUT2D eigenvalue weighted by atomic mass is 10.0. The molecule has 0 saturated heterocycles. The van der Waals surface area contributed by atoms with E-state index in [1.165, 1.54) is 19.1 Å². The van der Waals surface area contributed by atoms with E-state index in [1.807, 2.05) is 0 Å². The van der Waals surface area contributed by atoms with Crippen molar-refractivity contribution in [3.8, 4) is 0 Å². The Hall–Kier alpha value is -1.00. The molecule has 1 aromatic rings. The van der Waals surface area contributed by atoms with Crippen molar-refractivity contribution in [1.29, 1.82) is 0 Å². The number of aliphatic hydroxyl groups is 1. The molecule has 0 radical (unpaired) electrons. The van der Waals surface area contributed by atoms with Crippen LogP contribution in [-0.4, -0.2) is 17.3 Å². The van der Waals surface area contributed by atoms with Crippen LogP contribution in [0.3, 0.4) is 0 Å². The summed E-state index contributed by atoms with van der Waals surface area (Å²) in [5.41, 5.74) is -0.313. The van der Waals surface area contributed by atoms with E-state index in [0.717, 1.165) is 0 Å². The third-order valence-electron chi connectivity index (χ3n) is 2.59. The maximum atomic E-state index is 13.6. The van der Waals surface area contributed by atoms with Crippen molar-refractivity contribution in [2.45, 2.75) is 39.3 Å². The largest absolute Gasteiger partial charge is 0.389 e. The summed E-state index contributed by atoms with van der Waals surface area (Å²) < 4.78 is 27.0. The van der Waals surface area contributed by atoms with Gasteiger partial charge < -0.3 is 10.4 Å². The van der Waals surface area contributed by atoms with Crippen LogP contribution in [0.15, 0.2) is 12.1 Å². The summed E-state index contributed by atoms with van der Waals surface area (Å²) in [6.07, 6.45) is 0. The standard InChI is InChI=1S/C13H19F2NO/c1-8-5-12(15)10(6-11(8)14)9(2)16-7-13(3,4)17/h5-6,9,16-17H,7H2,1-4H3. The maximum Gasteiger partial charge on any atom is 0.128 e. The minimum Gasteiger partial charge on any atom is -0.389 e. The van der Waals surface area contributed by atoms with Gasteiger partial charge in [-0.2, -0.15) is 0 Å². The lowest BCUT2D eigenvalue weighted by Crippen LogP contribution is -2.36. The molecule has 0 heterocycles. The summed E-state index contributed by atoms with van der Waals surface area (Å²) >= 11 is 0. The van der Waals surface area contributed by atoms with Gasteiger partial charge in [-0.05, 0) is 45.4 Å². The van der Waals surface area contributed by atoms with Gasteiger partial charge in [-0.15, -0.1) is 0 Å². The Morgan fingerprint density at radius 2 is 1.88 bits per heavy atom. The second kappa shape index (κ2) is 5.10. The smallest absolute Gasteiger partial charge is 0.128 e. The molecule has 2 nitrogen and oxygen atoms in total. The zero-order valence-corrected chi connectivity index (χ0v) is 10.6. The van der Waals surface area contributed by atoms with Crippen LogP contribution < -0.4 is 5.32 Å². The van der Waals surface area contributed by atoms with Crippen molar-refractivity contribution in [3.05, 3.63) is 34.9 Å². The molecular weight excluding hydrogens is 224 g/mol. The maximum absolute atomic E-state index is 13.6. The van der Waals surface area contributed by atoms with Crippen molar-refractivity contribution in [1.82, 2.24) is 5.32 Å². The first kappa shape index (κ1) is 14.1. The van der Waals surface area contributed by atoms with E-state index in [-0.39, 0.29) is 11.6 Å². The molecule has 0 amide bonds. The predicted octanol–water partition coefficient (Wildman–Crippen LogP) is 2.69. The summed E-state index contributed by atoms with van der Waals surface area (Å²) in [5.74, 6) is -0.849. The number of benzene rings is 1. The topological polar surface area (TPSA) is 32.3 Å². The third kappa shape index (κ3) is 4.06. The normalized spacial score (nSPS) is 13.8. The van der Waals surface area contributed by atoms with Gasteiger partial charge in [0.15, 0.2) is 0 Å². The molecule has 4 heteroatoms. The van der Waals surface area contributed by atoms with Crippen molar-refractivity contribution < 1.29 is 13.9 Å². The Kier molecular flexibility index (Phi) is 4.22. The van der Waals surface area contributed by atoms with E-state index in [0.29, 0.717) is 12.1 Å². The highest BCUT2D eigenvalue weighted by molar-refractivity contribution is 5.27. The Balaban J connectivity index is 2.82. The molecule has 0 aliphatic rings. The Bertz CT molecular complexity index is 399. The van der Waals surface area contributed by atoms with Gasteiger partial charge in [0.2, 0.25) is 0 Å².